The zero-order valence-corrected chi connectivity index (χ0v) is 13.9. The van der Waals surface area contributed by atoms with E-state index < -0.39 is 17.6 Å². The van der Waals surface area contributed by atoms with Gasteiger partial charge in [0, 0.05) is 16.1 Å². The Morgan fingerprint density at radius 3 is 2.72 bits per heavy atom. The van der Waals surface area contributed by atoms with Gasteiger partial charge in [0.1, 0.15) is 5.75 Å². The van der Waals surface area contributed by atoms with Crippen molar-refractivity contribution in [3.8, 4) is 5.75 Å². The summed E-state index contributed by atoms with van der Waals surface area (Å²) in [6.07, 6.45) is -3.21. The van der Waals surface area contributed by atoms with Crippen molar-refractivity contribution < 1.29 is 22.7 Å². The first-order chi connectivity index (χ1) is 11.8. The van der Waals surface area contributed by atoms with Crippen LogP contribution in [0.4, 0.5) is 13.2 Å². The van der Waals surface area contributed by atoms with Gasteiger partial charge in [-0.25, -0.2) is 5.43 Å². The van der Waals surface area contributed by atoms with Gasteiger partial charge >= 0.3 is 6.18 Å². The van der Waals surface area contributed by atoms with E-state index in [-0.39, 0.29) is 5.56 Å². The number of nitrogens with zero attached hydrogens (tertiary/aromatic N) is 1. The summed E-state index contributed by atoms with van der Waals surface area (Å²) in [6, 6.07) is 8.96. The molecule has 0 fully saturated rings. The number of rotatable bonds is 5. The van der Waals surface area contributed by atoms with Crippen molar-refractivity contribution in [2.45, 2.75) is 13.1 Å². The minimum atomic E-state index is -4.52. The molecule has 132 valence electrons. The molecule has 0 saturated heterocycles. The van der Waals surface area contributed by atoms with Crippen LogP contribution in [-0.4, -0.2) is 18.7 Å². The van der Waals surface area contributed by atoms with Crippen LogP contribution in [0.2, 0.25) is 5.02 Å². The minimum Gasteiger partial charge on any atom is -0.493 e. The van der Waals surface area contributed by atoms with E-state index >= 15 is 0 Å². The number of hydrazone groups is 1. The van der Waals surface area contributed by atoms with Crippen LogP contribution in [0.25, 0.3) is 0 Å². The van der Waals surface area contributed by atoms with E-state index in [9.17, 15) is 18.0 Å². The molecule has 2 aromatic rings. The van der Waals surface area contributed by atoms with Gasteiger partial charge in [-0.2, -0.15) is 18.3 Å². The third-order valence-corrected chi connectivity index (χ3v) is 3.33. The average molecular weight is 371 g/mol. The summed E-state index contributed by atoms with van der Waals surface area (Å²) in [7, 11) is 0. The third kappa shape index (κ3) is 5.22. The molecular formula is C17H14ClF3N2O2. The first-order valence-electron chi connectivity index (χ1n) is 7.24. The fourth-order valence-electron chi connectivity index (χ4n) is 1.97. The van der Waals surface area contributed by atoms with Crippen molar-refractivity contribution in [2.75, 3.05) is 6.61 Å². The van der Waals surface area contributed by atoms with Gasteiger partial charge in [-0.15, -0.1) is 0 Å². The molecule has 2 aromatic carbocycles. The van der Waals surface area contributed by atoms with Gasteiger partial charge < -0.3 is 4.74 Å². The number of ether oxygens (including phenoxy) is 1. The topological polar surface area (TPSA) is 50.7 Å². The highest BCUT2D eigenvalue weighted by Gasteiger charge is 2.30. The highest BCUT2D eigenvalue weighted by molar-refractivity contribution is 6.30. The Kier molecular flexibility index (Phi) is 6.03. The molecule has 0 bridgehead atoms. The monoisotopic (exact) mass is 370 g/mol. The van der Waals surface area contributed by atoms with E-state index in [1.54, 1.807) is 18.2 Å². The van der Waals surface area contributed by atoms with E-state index in [0.717, 1.165) is 18.2 Å². The maximum atomic E-state index is 12.7. The summed E-state index contributed by atoms with van der Waals surface area (Å²) in [5, 5.41) is 4.20. The molecule has 0 atom stereocenters. The van der Waals surface area contributed by atoms with Crippen LogP contribution in [0, 0.1) is 0 Å². The van der Waals surface area contributed by atoms with Gasteiger partial charge in [-0.3, -0.25) is 4.79 Å². The largest absolute Gasteiger partial charge is 0.493 e. The fraction of sp³-hybridized carbons (Fsp3) is 0.176. The number of nitrogens with one attached hydrogen (secondary N) is 1. The molecule has 0 aromatic heterocycles. The molecule has 8 heteroatoms. The van der Waals surface area contributed by atoms with Crippen LogP contribution in [-0.2, 0) is 6.18 Å². The number of halogens is 4. The van der Waals surface area contributed by atoms with E-state index in [4.69, 9.17) is 16.3 Å². The second kappa shape index (κ2) is 8.02. The Morgan fingerprint density at radius 2 is 2.04 bits per heavy atom. The predicted molar refractivity (Wildman–Crippen MR) is 89.1 cm³/mol. The predicted octanol–water partition coefficient (Wildman–Crippen LogP) is 4.52. The normalized spacial score (nSPS) is 11.6. The minimum absolute atomic E-state index is 0.150. The Morgan fingerprint density at radius 1 is 1.28 bits per heavy atom. The highest BCUT2D eigenvalue weighted by atomic mass is 35.5. The maximum Gasteiger partial charge on any atom is 0.416 e. The summed E-state index contributed by atoms with van der Waals surface area (Å²) >= 11 is 5.90. The Hall–Kier alpha value is -2.54. The lowest BCUT2D eigenvalue weighted by Gasteiger charge is -2.08. The molecule has 0 spiro atoms. The molecule has 4 nitrogen and oxygen atoms in total. The quantitative estimate of drug-likeness (QED) is 0.621. The molecule has 0 unspecified atom stereocenters. The molecule has 2 rings (SSSR count). The molecule has 1 N–H and O–H groups in total. The number of amides is 1. The van der Waals surface area contributed by atoms with E-state index in [1.807, 2.05) is 6.92 Å². The van der Waals surface area contributed by atoms with Crippen LogP contribution in [0.5, 0.6) is 5.75 Å². The zero-order chi connectivity index (χ0) is 18.4. The number of carbonyl (C=O) groups is 1. The molecule has 0 aliphatic carbocycles. The molecule has 25 heavy (non-hydrogen) atoms. The Labute approximate surface area is 147 Å². The molecule has 0 heterocycles. The summed E-state index contributed by atoms with van der Waals surface area (Å²) < 4.78 is 43.4. The number of benzene rings is 2. The summed E-state index contributed by atoms with van der Waals surface area (Å²) in [4.78, 5) is 11.9. The van der Waals surface area contributed by atoms with Gasteiger partial charge in [0.05, 0.1) is 18.4 Å². The number of hydrogen-bond acceptors (Lipinski definition) is 3. The molecule has 0 saturated carbocycles. The second-order valence-electron chi connectivity index (χ2n) is 4.89. The lowest BCUT2D eigenvalue weighted by molar-refractivity contribution is -0.137. The van der Waals surface area contributed by atoms with Gasteiger partial charge in [0.25, 0.3) is 5.91 Å². The van der Waals surface area contributed by atoms with Gasteiger partial charge in [0.2, 0.25) is 0 Å². The van der Waals surface area contributed by atoms with Crippen LogP contribution in [0.3, 0.4) is 0 Å². The Bertz CT molecular complexity index is 792. The molecule has 0 radical (unpaired) electrons. The number of carbonyl (C=O) groups excluding carboxylic acids is 1. The van der Waals surface area contributed by atoms with Crippen LogP contribution in [0.15, 0.2) is 47.6 Å². The first kappa shape index (κ1) is 18.8. The summed E-state index contributed by atoms with van der Waals surface area (Å²) in [5.41, 5.74) is 1.65. The Balaban J connectivity index is 2.12. The highest BCUT2D eigenvalue weighted by Crippen LogP contribution is 2.29. The van der Waals surface area contributed by atoms with Crippen LogP contribution >= 0.6 is 11.6 Å². The molecular weight excluding hydrogens is 357 g/mol. The van der Waals surface area contributed by atoms with Gasteiger partial charge in [-0.05, 0) is 43.3 Å². The van der Waals surface area contributed by atoms with Gasteiger partial charge in [-0.1, -0.05) is 17.7 Å². The number of alkyl halides is 3. The van der Waals surface area contributed by atoms with Gasteiger partial charge in [0.15, 0.2) is 0 Å². The second-order valence-corrected chi connectivity index (χ2v) is 5.33. The van der Waals surface area contributed by atoms with E-state index in [0.29, 0.717) is 22.9 Å². The van der Waals surface area contributed by atoms with Crippen molar-refractivity contribution in [2.24, 2.45) is 5.10 Å². The van der Waals surface area contributed by atoms with Crippen molar-refractivity contribution in [3.05, 3.63) is 64.2 Å². The average Bonchev–Trinajstić information content (AvgIpc) is 2.56. The van der Waals surface area contributed by atoms with Crippen LogP contribution < -0.4 is 10.2 Å². The SMILES string of the molecule is CCOc1ccc(Cl)cc1/C=N\NC(=O)c1cccc(C(F)(F)F)c1. The van der Waals surface area contributed by atoms with Crippen molar-refractivity contribution in [1.29, 1.82) is 0 Å². The van der Waals surface area contributed by atoms with E-state index in [2.05, 4.69) is 10.5 Å². The molecule has 0 aliphatic heterocycles. The lowest BCUT2D eigenvalue weighted by atomic mass is 10.1. The van der Waals surface area contributed by atoms with Crippen LogP contribution in [0.1, 0.15) is 28.4 Å². The van der Waals surface area contributed by atoms with Crippen molar-refractivity contribution in [1.82, 2.24) is 5.43 Å². The van der Waals surface area contributed by atoms with E-state index in [1.165, 1.54) is 12.3 Å². The smallest absolute Gasteiger partial charge is 0.416 e. The third-order valence-electron chi connectivity index (χ3n) is 3.09. The zero-order valence-electron chi connectivity index (χ0n) is 13.1. The lowest BCUT2D eigenvalue weighted by Crippen LogP contribution is -2.18. The fourth-order valence-corrected chi connectivity index (χ4v) is 2.15. The maximum absolute atomic E-state index is 12.7. The molecule has 0 aliphatic rings. The van der Waals surface area contributed by atoms with Crippen molar-refractivity contribution >= 4 is 23.7 Å². The summed E-state index contributed by atoms with van der Waals surface area (Å²) in [5.74, 6) is -0.244. The summed E-state index contributed by atoms with van der Waals surface area (Å²) in [6.45, 7) is 2.24. The standard InChI is InChI=1S/C17H14ClF3N2O2/c1-2-25-15-7-6-14(18)9-12(15)10-22-23-16(24)11-4-3-5-13(8-11)17(19,20)21/h3-10H,2H2,1H3,(H,23,24)/b22-10-. The number of hydrogen-bond donors (Lipinski definition) is 1. The van der Waals surface area contributed by atoms with Crippen molar-refractivity contribution in [3.63, 3.8) is 0 Å². The molecule has 1 amide bonds. The first-order valence-corrected chi connectivity index (χ1v) is 7.62.